The van der Waals surface area contributed by atoms with E-state index in [9.17, 15) is 18.4 Å². The van der Waals surface area contributed by atoms with Crippen LogP contribution >= 0.6 is 0 Å². The third-order valence-corrected chi connectivity index (χ3v) is 2.95. The van der Waals surface area contributed by atoms with E-state index in [1.54, 1.807) is 18.2 Å². The van der Waals surface area contributed by atoms with Gasteiger partial charge in [-0.15, -0.1) is 0 Å². The molecule has 0 atom stereocenters. The number of urea groups is 1. The van der Waals surface area contributed by atoms with E-state index < -0.39 is 18.5 Å². The molecule has 0 bridgehead atoms. The lowest BCUT2D eigenvalue weighted by Crippen LogP contribution is -2.24. The lowest BCUT2D eigenvalue weighted by atomic mass is 10.2. The summed E-state index contributed by atoms with van der Waals surface area (Å²) < 4.78 is 29.1. The van der Waals surface area contributed by atoms with Gasteiger partial charge in [0.25, 0.3) is 5.91 Å². The van der Waals surface area contributed by atoms with Crippen LogP contribution in [-0.2, 0) is 0 Å². The number of amides is 3. The molecule has 8 heteroatoms. The topological polar surface area (TPSA) is 79.5 Å². The average molecular weight is 335 g/mol. The van der Waals surface area contributed by atoms with Crippen LogP contribution < -0.4 is 20.7 Å². The van der Waals surface area contributed by atoms with Crippen molar-refractivity contribution in [2.24, 2.45) is 0 Å². The maximum absolute atomic E-state index is 12.4. The number of rotatable bonds is 5. The fourth-order valence-electron chi connectivity index (χ4n) is 1.92. The van der Waals surface area contributed by atoms with Gasteiger partial charge in [0.2, 0.25) is 0 Å². The van der Waals surface area contributed by atoms with Crippen molar-refractivity contribution >= 4 is 23.3 Å². The number of hydrogen-bond acceptors (Lipinski definition) is 3. The minimum Gasteiger partial charge on any atom is -0.434 e. The zero-order valence-corrected chi connectivity index (χ0v) is 12.7. The van der Waals surface area contributed by atoms with Gasteiger partial charge in [-0.2, -0.15) is 8.78 Å². The van der Waals surface area contributed by atoms with Crippen molar-refractivity contribution in [3.63, 3.8) is 0 Å². The van der Waals surface area contributed by atoms with Gasteiger partial charge in [0, 0.05) is 18.4 Å². The molecule has 3 N–H and O–H groups in total. The number of carbonyl (C=O) groups excluding carboxylic acids is 2. The molecule has 0 unspecified atom stereocenters. The second-order valence-corrected chi connectivity index (χ2v) is 4.61. The van der Waals surface area contributed by atoms with Gasteiger partial charge >= 0.3 is 12.6 Å². The van der Waals surface area contributed by atoms with Crippen LogP contribution in [0.5, 0.6) is 5.75 Å². The first kappa shape index (κ1) is 17.2. The van der Waals surface area contributed by atoms with Gasteiger partial charge in [-0.25, -0.2) is 4.79 Å². The quantitative estimate of drug-likeness (QED) is 0.784. The minimum atomic E-state index is -3.03. The summed E-state index contributed by atoms with van der Waals surface area (Å²) in [6, 6.07) is 11.7. The summed E-state index contributed by atoms with van der Waals surface area (Å²) in [5, 5.41) is 7.53. The SMILES string of the molecule is CNC(=O)Nc1cccc(NC(=O)c2ccccc2OC(F)F)c1. The van der Waals surface area contributed by atoms with Crippen molar-refractivity contribution in [3.05, 3.63) is 54.1 Å². The van der Waals surface area contributed by atoms with E-state index in [4.69, 9.17) is 0 Å². The normalized spacial score (nSPS) is 10.2. The molecule has 0 aromatic heterocycles. The van der Waals surface area contributed by atoms with Crippen molar-refractivity contribution in [2.75, 3.05) is 17.7 Å². The molecule has 6 nitrogen and oxygen atoms in total. The Bertz CT molecular complexity index is 738. The second-order valence-electron chi connectivity index (χ2n) is 4.61. The van der Waals surface area contributed by atoms with Crippen LogP contribution in [0.25, 0.3) is 0 Å². The summed E-state index contributed by atoms with van der Waals surface area (Å²) in [5.74, 6) is -0.826. The monoisotopic (exact) mass is 335 g/mol. The van der Waals surface area contributed by atoms with E-state index >= 15 is 0 Å². The molecule has 0 saturated heterocycles. The highest BCUT2D eigenvalue weighted by atomic mass is 19.3. The number of carbonyl (C=O) groups is 2. The third-order valence-electron chi connectivity index (χ3n) is 2.95. The molecule has 0 saturated carbocycles. The molecule has 2 rings (SSSR count). The van der Waals surface area contributed by atoms with Crippen LogP contribution in [-0.4, -0.2) is 25.6 Å². The van der Waals surface area contributed by atoms with E-state index in [1.165, 1.54) is 37.4 Å². The number of nitrogens with one attached hydrogen (secondary N) is 3. The largest absolute Gasteiger partial charge is 0.434 e. The molecule has 126 valence electrons. The second kappa shape index (κ2) is 7.91. The molecule has 0 aliphatic carbocycles. The van der Waals surface area contributed by atoms with Gasteiger partial charge in [0.1, 0.15) is 5.75 Å². The maximum atomic E-state index is 12.4. The van der Waals surface area contributed by atoms with E-state index in [2.05, 4.69) is 20.7 Å². The smallest absolute Gasteiger partial charge is 0.387 e. The summed E-state index contributed by atoms with van der Waals surface area (Å²) in [5.41, 5.74) is 0.826. The minimum absolute atomic E-state index is 0.0255. The highest BCUT2D eigenvalue weighted by Gasteiger charge is 2.15. The van der Waals surface area contributed by atoms with Crippen LogP contribution in [0.1, 0.15) is 10.4 Å². The number of benzene rings is 2. The molecule has 0 spiro atoms. The van der Waals surface area contributed by atoms with Gasteiger partial charge < -0.3 is 20.7 Å². The highest BCUT2D eigenvalue weighted by Crippen LogP contribution is 2.22. The van der Waals surface area contributed by atoms with Gasteiger partial charge in [0.15, 0.2) is 0 Å². The van der Waals surface area contributed by atoms with E-state index in [1.807, 2.05) is 0 Å². The average Bonchev–Trinajstić information content (AvgIpc) is 2.55. The molecule has 3 amide bonds. The summed E-state index contributed by atoms with van der Waals surface area (Å²) in [4.78, 5) is 23.6. The first-order chi connectivity index (χ1) is 11.5. The third kappa shape index (κ3) is 4.67. The predicted molar refractivity (Wildman–Crippen MR) is 85.5 cm³/mol. The first-order valence-corrected chi connectivity index (χ1v) is 6.93. The Morgan fingerprint density at radius 2 is 1.67 bits per heavy atom. The first-order valence-electron chi connectivity index (χ1n) is 6.93. The number of halogens is 2. The van der Waals surface area contributed by atoms with Crippen molar-refractivity contribution in [1.29, 1.82) is 0 Å². The number of ether oxygens (including phenoxy) is 1. The standard InChI is InChI=1S/C16H15F2N3O3/c1-19-16(23)21-11-6-4-5-10(9-11)20-14(22)12-7-2-3-8-13(12)24-15(17)18/h2-9,15H,1H3,(H,20,22)(H2,19,21,23). The van der Waals surface area contributed by atoms with Gasteiger partial charge in [-0.3, -0.25) is 4.79 Å². The Labute approximate surface area is 136 Å². The summed E-state index contributed by atoms with van der Waals surface area (Å²) in [6.07, 6.45) is 0. The molecule has 2 aromatic rings. The molecule has 0 fully saturated rings. The molecule has 24 heavy (non-hydrogen) atoms. The van der Waals surface area contributed by atoms with Crippen LogP contribution in [0.4, 0.5) is 25.0 Å². The van der Waals surface area contributed by atoms with Crippen LogP contribution in [0.3, 0.4) is 0 Å². The van der Waals surface area contributed by atoms with E-state index in [0.29, 0.717) is 11.4 Å². The number of anilines is 2. The van der Waals surface area contributed by atoms with Crippen molar-refractivity contribution < 1.29 is 23.1 Å². The molecule has 0 aliphatic rings. The van der Waals surface area contributed by atoms with Crippen molar-refractivity contribution in [2.45, 2.75) is 6.61 Å². The molecule has 0 radical (unpaired) electrons. The molecular formula is C16H15F2N3O3. The zero-order valence-electron chi connectivity index (χ0n) is 12.7. The maximum Gasteiger partial charge on any atom is 0.387 e. The van der Waals surface area contributed by atoms with Gasteiger partial charge in [-0.05, 0) is 30.3 Å². The van der Waals surface area contributed by atoms with Crippen molar-refractivity contribution in [1.82, 2.24) is 5.32 Å². The Balaban J connectivity index is 2.15. The Morgan fingerprint density at radius 1 is 1.00 bits per heavy atom. The molecule has 0 aliphatic heterocycles. The summed E-state index contributed by atoms with van der Waals surface area (Å²) in [7, 11) is 1.47. The van der Waals surface area contributed by atoms with Gasteiger partial charge in [-0.1, -0.05) is 18.2 Å². The van der Waals surface area contributed by atoms with Crippen molar-refractivity contribution in [3.8, 4) is 5.75 Å². The Morgan fingerprint density at radius 3 is 2.33 bits per heavy atom. The number of para-hydroxylation sites is 1. The lowest BCUT2D eigenvalue weighted by Gasteiger charge is -2.11. The summed E-state index contributed by atoms with van der Waals surface area (Å²) in [6.45, 7) is -3.03. The highest BCUT2D eigenvalue weighted by molar-refractivity contribution is 6.06. The van der Waals surface area contributed by atoms with Gasteiger partial charge in [0.05, 0.1) is 5.56 Å². The predicted octanol–water partition coefficient (Wildman–Crippen LogP) is 3.29. The molecule has 2 aromatic carbocycles. The zero-order chi connectivity index (χ0) is 17.5. The van der Waals surface area contributed by atoms with E-state index in [-0.39, 0.29) is 11.3 Å². The van der Waals surface area contributed by atoms with Crippen LogP contribution in [0, 0.1) is 0 Å². The van der Waals surface area contributed by atoms with Crippen LogP contribution in [0.15, 0.2) is 48.5 Å². The fourth-order valence-corrected chi connectivity index (χ4v) is 1.92. The fraction of sp³-hybridized carbons (Fsp3) is 0.125. The summed E-state index contributed by atoms with van der Waals surface area (Å²) >= 11 is 0. The Hall–Kier alpha value is -3.16. The number of alkyl halides is 2. The molecule has 0 heterocycles. The van der Waals surface area contributed by atoms with E-state index in [0.717, 1.165) is 0 Å². The molecular weight excluding hydrogens is 320 g/mol. The number of hydrogen-bond donors (Lipinski definition) is 3. The lowest BCUT2D eigenvalue weighted by molar-refractivity contribution is -0.0501. The Kier molecular flexibility index (Phi) is 5.67. The van der Waals surface area contributed by atoms with Crippen LogP contribution in [0.2, 0.25) is 0 Å².